The Morgan fingerprint density at radius 3 is 2.58 bits per heavy atom. The summed E-state index contributed by atoms with van der Waals surface area (Å²) in [6, 6.07) is 11.6. The van der Waals surface area contributed by atoms with Crippen LogP contribution >= 0.6 is 11.6 Å². The van der Waals surface area contributed by atoms with Crippen molar-refractivity contribution in [3.63, 3.8) is 0 Å². The van der Waals surface area contributed by atoms with E-state index in [0.29, 0.717) is 10.9 Å². The van der Waals surface area contributed by atoms with Crippen molar-refractivity contribution >= 4 is 28.4 Å². The van der Waals surface area contributed by atoms with Gasteiger partial charge in [-0.05, 0) is 48.9 Å². The number of aryl methyl sites for hydroxylation is 1. The van der Waals surface area contributed by atoms with Crippen LogP contribution in [-0.4, -0.2) is 12.0 Å². The highest BCUT2D eigenvalue weighted by molar-refractivity contribution is 6.31. The van der Waals surface area contributed by atoms with Crippen molar-refractivity contribution in [2.24, 2.45) is 0 Å². The van der Waals surface area contributed by atoms with Crippen molar-refractivity contribution in [1.29, 1.82) is 0 Å². The summed E-state index contributed by atoms with van der Waals surface area (Å²) < 4.78 is 5.82. The number of nitrogens with zero attached hydrogens (tertiary/aromatic N) is 1. The molecule has 1 heterocycles. The van der Waals surface area contributed by atoms with Crippen LogP contribution in [0, 0.1) is 6.92 Å². The van der Waals surface area contributed by atoms with Gasteiger partial charge in [0.25, 0.3) is 0 Å². The van der Waals surface area contributed by atoms with Gasteiger partial charge in [0.15, 0.2) is 5.58 Å². The number of hydrogen-bond donors (Lipinski definition) is 1. The number of benzene rings is 2. The molecule has 96 valence electrons. The van der Waals surface area contributed by atoms with Crippen LogP contribution in [0.4, 0.5) is 5.69 Å². The van der Waals surface area contributed by atoms with Crippen LogP contribution in [0.25, 0.3) is 22.6 Å². The normalized spacial score (nSPS) is 10.9. The van der Waals surface area contributed by atoms with Gasteiger partial charge in [-0.3, -0.25) is 0 Å². The molecule has 0 aliphatic rings. The molecule has 3 nitrogen and oxygen atoms in total. The number of anilines is 1. The average molecular weight is 273 g/mol. The minimum atomic E-state index is 0.614. The highest BCUT2D eigenvalue weighted by Gasteiger charge is 2.10. The molecule has 0 aliphatic heterocycles. The predicted octanol–water partition coefficient (Wildman–Crippen LogP) is 4.50. The number of rotatable bonds is 2. The number of oxazole rings is 1. The van der Waals surface area contributed by atoms with Crippen molar-refractivity contribution in [3.8, 4) is 11.5 Å². The zero-order valence-electron chi connectivity index (χ0n) is 10.7. The van der Waals surface area contributed by atoms with Crippen LogP contribution < -0.4 is 5.32 Å². The van der Waals surface area contributed by atoms with Gasteiger partial charge in [0.2, 0.25) is 5.89 Å². The first kappa shape index (κ1) is 12.1. The fourth-order valence-electron chi connectivity index (χ4n) is 2.06. The first-order valence-electron chi connectivity index (χ1n) is 6.02. The lowest BCUT2D eigenvalue weighted by atomic mass is 10.2. The molecule has 0 unspecified atom stereocenters. The number of fused-ring (bicyclic) bond motifs is 1. The lowest BCUT2D eigenvalue weighted by molar-refractivity contribution is 0.617. The molecule has 2 aromatic carbocycles. The Labute approximate surface area is 116 Å². The quantitative estimate of drug-likeness (QED) is 0.746. The minimum absolute atomic E-state index is 0.614. The topological polar surface area (TPSA) is 38.1 Å². The van der Waals surface area contributed by atoms with Gasteiger partial charge in [-0.25, -0.2) is 4.98 Å². The molecule has 0 saturated heterocycles. The van der Waals surface area contributed by atoms with Crippen LogP contribution in [-0.2, 0) is 0 Å². The van der Waals surface area contributed by atoms with Gasteiger partial charge >= 0.3 is 0 Å². The molecule has 4 heteroatoms. The second-order valence-corrected chi connectivity index (χ2v) is 4.85. The Morgan fingerprint density at radius 2 is 1.89 bits per heavy atom. The molecule has 0 spiro atoms. The van der Waals surface area contributed by atoms with Gasteiger partial charge in [-0.1, -0.05) is 11.6 Å². The highest BCUT2D eigenvalue weighted by Crippen LogP contribution is 2.29. The molecule has 0 radical (unpaired) electrons. The van der Waals surface area contributed by atoms with E-state index in [0.717, 1.165) is 27.9 Å². The molecule has 1 N–H and O–H groups in total. The lowest BCUT2D eigenvalue weighted by Gasteiger charge is -1.99. The van der Waals surface area contributed by atoms with E-state index < -0.39 is 0 Å². The summed E-state index contributed by atoms with van der Waals surface area (Å²) >= 11 is 6.03. The summed E-state index contributed by atoms with van der Waals surface area (Å²) in [6.45, 7) is 1.97. The van der Waals surface area contributed by atoms with Crippen LogP contribution in [0.2, 0.25) is 5.02 Å². The largest absolute Gasteiger partial charge is 0.436 e. The van der Waals surface area contributed by atoms with Gasteiger partial charge < -0.3 is 9.73 Å². The van der Waals surface area contributed by atoms with E-state index in [1.165, 1.54) is 0 Å². The number of nitrogens with one attached hydrogen (secondary N) is 1. The molecule has 0 aliphatic carbocycles. The fraction of sp³-hybridized carbons (Fsp3) is 0.133. The maximum atomic E-state index is 6.03. The Kier molecular flexibility index (Phi) is 2.91. The second kappa shape index (κ2) is 4.59. The molecule has 3 aromatic rings. The maximum Gasteiger partial charge on any atom is 0.227 e. The summed E-state index contributed by atoms with van der Waals surface area (Å²) in [5.41, 5.74) is 4.58. The molecule has 0 saturated carbocycles. The van der Waals surface area contributed by atoms with Gasteiger partial charge in [0, 0.05) is 23.3 Å². The fourth-order valence-corrected chi connectivity index (χ4v) is 2.33. The molecule has 0 amide bonds. The van der Waals surface area contributed by atoms with Gasteiger partial charge in [0.05, 0.1) is 0 Å². The molecule has 0 bridgehead atoms. The molecular formula is C15H13ClN2O. The van der Waals surface area contributed by atoms with Crippen molar-refractivity contribution in [3.05, 3.63) is 47.0 Å². The Balaban J connectivity index is 2.12. The molecular weight excluding hydrogens is 260 g/mol. The van der Waals surface area contributed by atoms with Crippen molar-refractivity contribution in [2.45, 2.75) is 6.92 Å². The monoisotopic (exact) mass is 272 g/mol. The summed E-state index contributed by atoms with van der Waals surface area (Å²) in [6.07, 6.45) is 0. The Hall–Kier alpha value is -2.00. The standard InChI is InChI=1S/C15H13ClN2O/c1-9-7-11(16)8-13-14(9)19-15(18-13)10-3-5-12(17-2)6-4-10/h3-8,17H,1-2H3. The van der Waals surface area contributed by atoms with Crippen LogP contribution in [0.5, 0.6) is 0 Å². The first-order chi connectivity index (χ1) is 9.17. The lowest BCUT2D eigenvalue weighted by Crippen LogP contribution is -1.86. The molecule has 0 atom stereocenters. The van der Waals surface area contributed by atoms with Crippen molar-refractivity contribution < 1.29 is 4.42 Å². The maximum absolute atomic E-state index is 6.03. The van der Waals surface area contributed by atoms with E-state index in [9.17, 15) is 0 Å². The van der Waals surface area contributed by atoms with Crippen molar-refractivity contribution in [2.75, 3.05) is 12.4 Å². The Morgan fingerprint density at radius 1 is 1.16 bits per heavy atom. The smallest absolute Gasteiger partial charge is 0.227 e. The molecule has 3 rings (SSSR count). The van der Waals surface area contributed by atoms with Crippen LogP contribution in [0.3, 0.4) is 0 Å². The van der Waals surface area contributed by atoms with Gasteiger partial charge in [0.1, 0.15) is 5.52 Å². The number of aromatic nitrogens is 1. The van der Waals surface area contributed by atoms with E-state index in [-0.39, 0.29) is 0 Å². The summed E-state index contributed by atoms with van der Waals surface area (Å²) in [4.78, 5) is 4.49. The Bertz CT molecular complexity index is 732. The first-order valence-corrected chi connectivity index (χ1v) is 6.40. The SMILES string of the molecule is CNc1ccc(-c2nc3cc(Cl)cc(C)c3o2)cc1. The third-order valence-corrected chi connectivity index (χ3v) is 3.28. The zero-order chi connectivity index (χ0) is 13.4. The van der Waals surface area contributed by atoms with E-state index in [1.54, 1.807) is 0 Å². The minimum Gasteiger partial charge on any atom is -0.436 e. The highest BCUT2D eigenvalue weighted by atomic mass is 35.5. The van der Waals surface area contributed by atoms with E-state index >= 15 is 0 Å². The van der Waals surface area contributed by atoms with Gasteiger partial charge in [-0.15, -0.1) is 0 Å². The van der Waals surface area contributed by atoms with E-state index in [2.05, 4.69) is 10.3 Å². The van der Waals surface area contributed by atoms with Crippen LogP contribution in [0.15, 0.2) is 40.8 Å². The molecule has 19 heavy (non-hydrogen) atoms. The van der Waals surface area contributed by atoms with E-state index in [1.807, 2.05) is 50.4 Å². The van der Waals surface area contributed by atoms with Crippen LogP contribution in [0.1, 0.15) is 5.56 Å². The average Bonchev–Trinajstić information content (AvgIpc) is 2.83. The summed E-state index contributed by atoms with van der Waals surface area (Å²) in [7, 11) is 1.89. The van der Waals surface area contributed by atoms with Crippen molar-refractivity contribution in [1.82, 2.24) is 4.98 Å². The molecule has 1 aromatic heterocycles. The number of hydrogen-bond acceptors (Lipinski definition) is 3. The third kappa shape index (κ3) is 2.17. The second-order valence-electron chi connectivity index (χ2n) is 4.42. The summed E-state index contributed by atoms with van der Waals surface area (Å²) in [5, 5.41) is 3.76. The summed E-state index contributed by atoms with van der Waals surface area (Å²) in [5.74, 6) is 0.614. The number of halogens is 1. The third-order valence-electron chi connectivity index (χ3n) is 3.06. The zero-order valence-corrected chi connectivity index (χ0v) is 11.5. The van der Waals surface area contributed by atoms with Gasteiger partial charge in [-0.2, -0.15) is 0 Å². The van der Waals surface area contributed by atoms with E-state index in [4.69, 9.17) is 16.0 Å². The predicted molar refractivity (Wildman–Crippen MR) is 78.7 cm³/mol. The molecule has 0 fully saturated rings.